The molecule has 0 radical (unpaired) electrons. The van der Waals surface area contributed by atoms with Crippen LogP contribution in [0.4, 0.5) is 10.5 Å². The maximum atomic E-state index is 12.4. The van der Waals surface area contributed by atoms with Crippen molar-refractivity contribution in [3.8, 4) is 0 Å². The predicted molar refractivity (Wildman–Crippen MR) is 97.4 cm³/mol. The number of nitrogens with one attached hydrogen (secondary N) is 2. The van der Waals surface area contributed by atoms with E-state index in [0.29, 0.717) is 5.92 Å². The van der Waals surface area contributed by atoms with Crippen LogP contribution in [0.25, 0.3) is 0 Å². The van der Waals surface area contributed by atoms with Gasteiger partial charge in [0, 0.05) is 11.7 Å². The number of aryl methyl sites for hydroxylation is 1. The second-order valence-electron chi connectivity index (χ2n) is 7.01. The highest BCUT2D eigenvalue weighted by atomic mass is 16.2. The van der Waals surface area contributed by atoms with Gasteiger partial charge in [0.05, 0.1) is 0 Å². The minimum atomic E-state index is -0.0611. The second kappa shape index (κ2) is 6.68. The van der Waals surface area contributed by atoms with Crippen molar-refractivity contribution in [3.63, 3.8) is 0 Å². The Kier molecular flexibility index (Phi) is 4.24. The number of urea groups is 1. The summed E-state index contributed by atoms with van der Waals surface area (Å²) in [7, 11) is 0. The molecule has 124 valence electrons. The molecule has 2 aliphatic carbocycles. The molecule has 0 saturated heterocycles. The van der Waals surface area contributed by atoms with E-state index in [1.54, 1.807) is 0 Å². The number of benzene rings is 2. The largest absolute Gasteiger partial charge is 0.335 e. The number of anilines is 1. The summed E-state index contributed by atoms with van der Waals surface area (Å²) >= 11 is 0. The summed E-state index contributed by atoms with van der Waals surface area (Å²) in [6, 6.07) is 17.1. The number of hydrogen-bond acceptors (Lipinski definition) is 1. The molecule has 2 aromatic rings. The Morgan fingerprint density at radius 3 is 2.71 bits per heavy atom. The highest BCUT2D eigenvalue weighted by molar-refractivity contribution is 5.90. The van der Waals surface area contributed by atoms with Crippen molar-refractivity contribution in [1.29, 1.82) is 0 Å². The summed E-state index contributed by atoms with van der Waals surface area (Å²) in [5, 5.41) is 6.24. The summed E-state index contributed by atoms with van der Waals surface area (Å²) in [6.07, 6.45) is 6.63. The third-order valence-corrected chi connectivity index (χ3v) is 5.43. The first-order valence-electron chi connectivity index (χ1n) is 9.03. The van der Waals surface area contributed by atoms with Gasteiger partial charge in [-0.15, -0.1) is 0 Å². The lowest BCUT2D eigenvalue weighted by Gasteiger charge is -2.16. The lowest BCUT2D eigenvalue weighted by atomic mass is 9.98. The molecule has 1 fully saturated rings. The monoisotopic (exact) mass is 320 g/mol. The van der Waals surface area contributed by atoms with Gasteiger partial charge in [0.15, 0.2) is 0 Å². The van der Waals surface area contributed by atoms with E-state index in [0.717, 1.165) is 37.8 Å². The van der Waals surface area contributed by atoms with Crippen LogP contribution in [0.3, 0.4) is 0 Å². The van der Waals surface area contributed by atoms with Gasteiger partial charge in [0.2, 0.25) is 0 Å². The number of carbonyl (C=O) groups is 1. The summed E-state index contributed by atoms with van der Waals surface area (Å²) in [5.74, 6) is 0.567. The average Bonchev–Trinajstić information content (AvgIpc) is 3.25. The van der Waals surface area contributed by atoms with E-state index < -0.39 is 0 Å². The van der Waals surface area contributed by atoms with Crippen molar-refractivity contribution in [3.05, 3.63) is 65.2 Å². The second-order valence-corrected chi connectivity index (χ2v) is 7.01. The number of fused-ring (bicyclic) bond motifs is 1. The van der Waals surface area contributed by atoms with Crippen LogP contribution in [0, 0.1) is 0 Å². The summed E-state index contributed by atoms with van der Waals surface area (Å²) < 4.78 is 0. The SMILES string of the molecule is O=C(Nc1cccc2c1CCC2)N[C@H]1CC[C@@H](c2ccccc2)C1. The van der Waals surface area contributed by atoms with Gasteiger partial charge in [0.25, 0.3) is 0 Å². The van der Waals surface area contributed by atoms with Crippen LogP contribution in [0.5, 0.6) is 0 Å². The van der Waals surface area contributed by atoms with E-state index in [-0.39, 0.29) is 12.1 Å². The van der Waals surface area contributed by atoms with E-state index in [9.17, 15) is 4.79 Å². The van der Waals surface area contributed by atoms with Crippen molar-refractivity contribution in [1.82, 2.24) is 5.32 Å². The Labute approximate surface area is 143 Å². The van der Waals surface area contributed by atoms with E-state index in [2.05, 4.69) is 47.0 Å². The molecule has 3 nitrogen and oxygen atoms in total. The highest BCUT2D eigenvalue weighted by Crippen LogP contribution is 2.34. The quantitative estimate of drug-likeness (QED) is 0.850. The topological polar surface area (TPSA) is 41.1 Å². The molecule has 2 N–H and O–H groups in total. The number of amides is 2. The van der Waals surface area contributed by atoms with Gasteiger partial charge < -0.3 is 10.6 Å². The predicted octanol–water partition coefficient (Wildman–Crippen LogP) is 4.63. The zero-order valence-electron chi connectivity index (χ0n) is 13.9. The van der Waals surface area contributed by atoms with E-state index in [1.165, 1.54) is 23.1 Å². The Balaban J connectivity index is 1.35. The molecule has 2 atom stereocenters. The van der Waals surface area contributed by atoms with Crippen molar-refractivity contribution < 1.29 is 4.79 Å². The molecule has 0 bridgehead atoms. The van der Waals surface area contributed by atoms with E-state index in [4.69, 9.17) is 0 Å². The lowest BCUT2D eigenvalue weighted by Crippen LogP contribution is -2.36. The van der Waals surface area contributed by atoms with Crippen LogP contribution in [0.15, 0.2) is 48.5 Å². The van der Waals surface area contributed by atoms with Crippen molar-refractivity contribution in [2.24, 2.45) is 0 Å². The maximum absolute atomic E-state index is 12.4. The molecular weight excluding hydrogens is 296 g/mol. The zero-order chi connectivity index (χ0) is 16.4. The molecule has 0 heterocycles. The molecular formula is C21H24N2O. The number of rotatable bonds is 3. The van der Waals surface area contributed by atoms with Gasteiger partial charge in [-0.25, -0.2) is 4.79 Å². The van der Waals surface area contributed by atoms with Gasteiger partial charge >= 0.3 is 6.03 Å². The van der Waals surface area contributed by atoms with Gasteiger partial charge in [-0.2, -0.15) is 0 Å². The summed E-state index contributed by atoms with van der Waals surface area (Å²) in [5.41, 5.74) is 5.09. The molecule has 2 aromatic carbocycles. The molecule has 2 aliphatic rings. The first-order valence-corrected chi connectivity index (χ1v) is 9.03. The Hall–Kier alpha value is -2.29. The average molecular weight is 320 g/mol. The smallest absolute Gasteiger partial charge is 0.319 e. The van der Waals surface area contributed by atoms with Gasteiger partial charge in [-0.3, -0.25) is 0 Å². The molecule has 0 aliphatic heterocycles. The fourth-order valence-electron chi connectivity index (χ4n) is 4.22. The minimum absolute atomic E-state index is 0.0611. The van der Waals surface area contributed by atoms with Gasteiger partial charge in [0.1, 0.15) is 0 Å². The standard InChI is InChI=1S/C21H24N2O/c24-21(23-20-11-5-9-16-8-4-10-19(16)20)22-18-13-12-17(14-18)15-6-2-1-3-7-15/h1-3,5-7,9,11,17-18H,4,8,10,12-14H2,(H2,22,23,24)/t17-,18+/m1/s1. The lowest BCUT2D eigenvalue weighted by molar-refractivity contribution is 0.248. The maximum Gasteiger partial charge on any atom is 0.319 e. The number of carbonyl (C=O) groups excluding carboxylic acids is 1. The molecule has 3 heteroatoms. The fourth-order valence-corrected chi connectivity index (χ4v) is 4.22. The Morgan fingerprint density at radius 1 is 0.958 bits per heavy atom. The van der Waals surface area contributed by atoms with Crippen molar-refractivity contribution in [2.45, 2.75) is 50.5 Å². The third-order valence-electron chi connectivity index (χ3n) is 5.43. The number of hydrogen-bond donors (Lipinski definition) is 2. The normalized spacial score (nSPS) is 22.2. The minimum Gasteiger partial charge on any atom is -0.335 e. The molecule has 2 amide bonds. The van der Waals surface area contributed by atoms with Crippen LogP contribution >= 0.6 is 0 Å². The molecule has 24 heavy (non-hydrogen) atoms. The summed E-state index contributed by atoms with van der Waals surface area (Å²) in [6.45, 7) is 0. The Bertz CT molecular complexity index is 726. The molecule has 0 unspecified atom stereocenters. The van der Waals surface area contributed by atoms with Gasteiger partial charge in [-0.05, 0) is 67.2 Å². The first kappa shape index (κ1) is 15.3. The molecule has 4 rings (SSSR count). The fraction of sp³-hybridized carbons (Fsp3) is 0.381. The van der Waals surface area contributed by atoms with Crippen LogP contribution in [0.1, 0.15) is 48.3 Å². The highest BCUT2D eigenvalue weighted by Gasteiger charge is 2.27. The first-order chi connectivity index (χ1) is 11.8. The van der Waals surface area contributed by atoms with Crippen LogP contribution in [-0.2, 0) is 12.8 Å². The molecule has 0 spiro atoms. The van der Waals surface area contributed by atoms with Crippen LogP contribution in [-0.4, -0.2) is 12.1 Å². The van der Waals surface area contributed by atoms with E-state index in [1.807, 2.05) is 12.1 Å². The van der Waals surface area contributed by atoms with Crippen LogP contribution < -0.4 is 10.6 Å². The third kappa shape index (κ3) is 3.16. The molecule has 0 aromatic heterocycles. The van der Waals surface area contributed by atoms with Crippen molar-refractivity contribution >= 4 is 11.7 Å². The van der Waals surface area contributed by atoms with E-state index >= 15 is 0 Å². The van der Waals surface area contributed by atoms with Crippen molar-refractivity contribution in [2.75, 3.05) is 5.32 Å². The zero-order valence-corrected chi connectivity index (χ0v) is 13.9. The molecule has 1 saturated carbocycles. The van der Waals surface area contributed by atoms with Crippen LogP contribution in [0.2, 0.25) is 0 Å². The summed E-state index contributed by atoms with van der Waals surface area (Å²) in [4.78, 5) is 12.4. The van der Waals surface area contributed by atoms with Gasteiger partial charge in [-0.1, -0.05) is 42.5 Å². The Morgan fingerprint density at radius 2 is 1.83 bits per heavy atom.